The Kier molecular flexibility index (Phi) is 5.29. The normalized spacial score (nSPS) is 9.79. The van der Waals surface area contributed by atoms with E-state index in [9.17, 15) is 4.79 Å². The quantitative estimate of drug-likeness (QED) is 0.624. The summed E-state index contributed by atoms with van der Waals surface area (Å²) in [7, 11) is 0. The summed E-state index contributed by atoms with van der Waals surface area (Å²) in [6, 6.07) is 6.80. The lowest BCUT2D eigenvalue weighted by Crippen LogP contribution is -2.32. The molecule has 0 aliphatic carbocycles. The topological polar surface area (TPSA) is 80.8 Å². The van der Waals surface area contributed by atoms with Gasteiger partial charge < -0.3 is 4.90 Å². The van der Waals surface area contributed by atoms with Gasteiger partial charge in [0.15, 0.2) is 0 Å². The van der Waals surface area contributed by atoms with Crippen LogP contribution in [0.2, 0.25) is 5.15 Å². The number of nitriles is 2. The van der Waals surface area contributed by atoms with E-state index in [4.69, 9.17) is 22.1 Å². The highest BCUT2D eigenvalue weighted by atomic mass is 35.5. The molecule has 1 aromatic heterocycles. The Morgan fingerprint density at radius 3 is 2.42 bits per heavy atom. The Morgan fingerprint density at radius 2 is 1.95 bits per heavy atom. The number of halogens is 1. The molecule has 98 valence electrons. The molecular formula is C13H13ClN4O. The van der Waals surface area contributed by atoms with Crippen LogP contribution in [0.4, 0.5) is 0 Å². The number of nitrogens with zero attached hydrogens (tertiary/aromatic N) is 4. The standard InChI is InChI=1S/C13H13ClN4O/c1-9(2)11-7-10(8-12(14)17-11)13(19)18(5-3-15)6-4-16/h7-9H,5-6H2,1-2H3. The van der Waals surface area contributed by atoms with Gasteiger partial charge in [-0.25, -0.2) is 4.98 Å². The number of amides is 1. The number of hydrogen-bond donors (Lipinski definition) is 0. The van der Waals surface area contributed by atoms with Gasteiger partial charge >= 0.3 is 0 Å². The molecule has 0 radical (unpaired) electrons. The van der Waals surface area contributed by atoms with Crippen LogP contribution in [0.3, 0.4) is 0 Å². The Morgan fingerprint density at radius 1 is 1.37 bits per heavy atom. The Bertz CT molecular complexity index is 541. The molecule has 0 aliphatic rings. The van der Waals surface area contributed by atoms with E-state index in [-0.39, 0.29) is 24.2 Å². The molecule has 6 heteroatoms. The fourth-order valence-electron chi connectivity index (χ4n) is 1.49. The van der Waals surface area contributed by atoms with Crippen LogP contribution in [0.5, 0.6) is 0 Å². The third-order valence-corrected chi connectivity index (χ3v) is 2.66. The Balaban J connectivity index is 3.11. The highest BCUT2D eigenvalue weighted by Gasteiger charge is 2.17. The summed E-state index contributed by atoms with van der Waals surface area (Å²) in [6.45, 7) is 3.61. The SMILES string of the molecule is CC(C)c1cc(C(=O)N(CC#N)CC#N)cc(Cl)n1. The van der Waals surface area contributed by atoms with Crippen LogP contribution in [-0.4, -0.2) is 28.9 Å². The summed E-state index contributed by atoms with van der Waals surface area (Å²) in [5.74, 6) is -0.264. The minimum atomic E-state index is -0.394. The van der Waals surface area contributed by atoms with Gasteiger partial charge in [0.2, 0.25) is 0 Å². The van der Waals surface area contributed by atoms with Crippen molar-refractivity contribution < 1.29 is 4.79 Å². The molecular weight excluding hydrogens is 264 g/mol. The molecule has 1 amide bonds. The molecule has 1 heterocycles. The van der Waals surface area contributed by atoms with Crippen molar-refractivity contribution in [3.63, 3.8) is 0 Å². The van der Waals surface area contributed by atoms with E-state index >= 15 is 0 Å². The third kappa shape index (κ3) is 3.94. The number of hydrogen-bond acceptors (Lipinski definition) is 4. The van der Waals surface area contributed by atoms with Crippen molar-refractivity contribution in [1.82, 2.24) is 9.88 Å². The lowest BCUT2D eigenvalue weighted by molar-refractivity contribution is 0.0794. The zero-order valence-corrected chi connectivity index (χ0v) is 11.5. The fraction of sp³-hybridized carbons (Fsp3) is 0.385. The molecule has 0 unspecified atom stereocenters. The summed E-state index contributed by atoms with van der Waals surface area (Å²) < 4.78 is 0. The van der Waals surface area contributed by atoms with E-state index in [0.29, 0.717) is 11.3 Å². The fourth-order valence-corrected chi connectivity index (χ4v) is 1.70. The first-order chi connectivity index (χ1) is 8.99. The maximum absolute atomic E-state index is 12.2. The first-order valence-electron chi connectivity index (χ1n) is 5.70. The monoisotopic (exact) mass is 276 g/mol. The molecule has 0 aliphatic heterocycles. The van der Waals surface area contributed by atoms with Gasteiger partial charge in [0.25, 0.3) is 5.91 Å². The summed E-state index contributed by atoms with van der Waals surface area (Å²) >= 11 is 5.89. The molecule has 0 atom stereocenters. The second-order valence-corrected chi connectivity index (χ2v) is 4.62. The number of carbonyl (C=O) groups is 1. The zero-order chi connectivity index (χ0) is 14.4. The maximum Gasteiger partial charge on any atom is 0.255 e. The molecule has 0 N–H and O–H groups in total. The van der Waals surface area contributed by atoms with Crippen LogP contribution in [0.25, 0.3) is 0 Å². The third-order valence-electron chi connectivity index (χ3n) is 2.46. The van der Waals surface area contributed by atoms with E-state index in [0.717, 1.165) is 4.90 Å². The van der Waals surface area contributed by atoms with E-state index in [1.807, 2.05) is 26.0 Å². The average Bonchev–Trinajstić information content (AvgIpc) is 2.37. The minimum Gasteiger partial charge on any atom is -0.312 e. The molecule has 1 aromatic rings. The lowest BCUT2D eigenvalue weighted by Gasteiger charge is -2.16. The van der Waals surface area contributed by atoms with Gasteiger partial charge in [-0.1, -0.05) is 25.4 Å². The van der Waals surface area contributed by atoms with Crippen molar-refractivity contribution >= 4 is 17.5 Å². The van der Waals surface area contributed by atoms with Crippen molar-refractivity contribution in [2.45, 2.75) is 19.8 Å². The van der Waals surface area contributed by atoms with Crippen molar-refractivity contribution in [2.24, 2.45) is 0 Å². The zero-order valence-electron chi connectivity index (χ0n) is 10.7. The van der Waals surface area contributed by atoms with E-state index in [1.165, 1.54) is 6.07 Å². The second kappa shape index (κ2) is 6.72. The first-order valence-corrected chi connectivity index (χ1v) is 6.08. The smallest absolute Gasteiger partial charge is 0.255 e. The van der Waals surface area contributed by atoms with Crippen LogP contribution in [0.15, 0.2) is 12.1 Å². The predicted octanol–water partition coefficient (Wildman–Crippen LogP) is 2.35. The molecule has 0 saturated heterocycles. The molecule has 0 bridgehead atoms. The molecule has 0 fully saturated rings. The predicted molar refractivity (Wildman–Crippen MR) is 70.5 cm³/mol. The van der Waals surface area contributed by atoms with E-state index in [1.54, 1.807) is 6.07 Å². The average molecular weight is 277 g/mol. The van der Waals surface area contributed by atoms with Crippen LogP contribution in [-0.2, 0) is 0 Å². The largest absolute Gasteiger partial charge is 0.312 e. The van der Waals surface area contributed by atoms with Crippen molar-refractivity contribution in [3.05, 3.63) is 28.5 Å². The summed E-state index contributed by atoms with van der Waals surface area (Å²) in [4.78, 5) is 17.5. The Labute approximate surface area is 117 Å². The van der Waals surface area contributed by atoms with E-state index < -0.39 is 5.91 Å². The van der Waals surface area contributed by atoms with E-state index in [2.05, 4.69) is 4.98 Å². The van der Waals surface area contributed by atoms with Crippen LogP contribution in [0, 0.1) is 22.7 Å². The summed E-state index contributed by atoms with van der Waals surface area (Å²) in [6.07, 6.45) is 0. The summed E-state index contributed by atoms with van der Waals surface area (Å²) in [5.41, 5.74) is 1.04. The molecule has 0 aromatic carbocycles. The van der Waals surface area contributed by atoms with Gasteiger partial charge in [0.1, 0.15) is 18.2 Å². The highest BCUT2D eigenvalue weighted by molar-refractivity contribution is 6.29. The minimum absolute atomic E-state index is 0.130. The number of carbonyl (C=O) groups excluding carboxylic acids is 1. The van der Waals surface area contributed by atoms with Crippen molar-refractivity contribution in [2.75, 3.05) is 13.1 Å². The van der Waals surface area contributed by atoms with Gasteiger partial charge in [0.05, 0.1) is 12.1 Å². The molecule has 1 rings (SSSR count). The second-order valence-electron chi connectivity index (χ2n) is 4.24. The van der Waals surface area contributed by atoms with Gasteiger partial charge in [-0.05, 0) is 18.1 Å². The van der Waals surface area contributed by atoms with Crippen molar-refractivity contribution in [1.29, 1.82) is 10.5 Å². The Hall–Kier alpha value is -2.11. The lowest BCUT2D eigenvalue weighted by atomic mass is 10.1. The van der Waals surface area contributed by atoms with Gasteiger partial charge in [-0.2, -0.15) is 10.5 Å². The highest BCUT2D eigenvalue weighted by Crippen LogP contribution is 2.18. The van der Waals surface area contributed by atoms with Gasteiger partial charge in [-0.15, -0.1) is 0 Å². The molecule has 0 spiro atoms. The van der Waals surface area contributed by atoms with Crippen molar-refractivity contribution in [3.8, 4) is 12.1 Å². The maximum atomic E-state index is 12.2. The van der Waals surface area contributed by atoms with Gasteiger partial charge in [-0.3, -0.25) is 4.79 Å². The van der Waals surface area contributed by atoms with Crippen LogP contribution < -0.4 is 0 Å². The van der Waals surface area contributed by atoms with Crippen LogP contribution >= 0.6 is 11.6 Å². The number of aromatic nitrogens is 1. The first kappa shape index (κ1) is 14.9. The number of rotatable bonds is 4. The molecule has 5 nitrogen and oxygen atoms in total. The molecule has 0 saturated carbocycles. The number of pyridine rings is 1. The van der Waals surface area contributed by atoms with Gasteiger partial charge in [0, 0.05) is 11.3 Å². The van der Waals surface area contributed by atoms with Crippen LogP contribution in [0.1, 0.15) is 35.8 Å². The summed E-state index contributed by atoms with van der Waals surface area (Å²) in [5, 5.41) is 17.6. The molecule has 19 heavy (non-hydrogen) atoms.